The highest BCUT2D eigenvalue weighted by molar-refractivity contribution is 6.31. The first kappa shape index (κ1) is 15.5. The molecule has 2 aliphatic rings. The first-order valence-electron chi connectivity index (χ1n) is 8.47. The predicted molar refractivity (Wildman–Crippen MR) is 94.7 cm³/mol. The number of likely N-dealkylation sites (tertiary alicyclic amines) is 1. The van der Waals surface area contributed by atoms with Crippen LogP contribution in [-0.4, -0.2) is 30.5 Å². The highest BCUT2D eigenvalue weighted by Gasteiger charge is 2.28. The number of halogens is 1. The van der Waals surface area contributed by atoms with Crippen molar-refractivity contribution in [3.8, 4) is 5.75 Å². The molecule has 0 saturated carbocycles. The maximum Gasteiger partial charge on any atom is 0.227 e. The zero-order valence-electron chi connectivity index (χ0n) is 13.5. The third-order valence-electron chi connectivity index (χ3n) is 5.03. The van der Waals surface area contributed by atoms with Crippen molar-refractivity contribution in [2.45, 2.75) is 25.2 Å². The van der Waals surface area contributed by atoms with Gasteiger partial charge in [-0.25, -0.2) is 0 Å². The Morgan fingerprint density at radius 2 is 2.12 bits per heavy atom. The third-order valence-corrected chi connectivity index (χ3v) is 5.39. The molecule has 1 atom stereocenters. The van der Waals surface area contributed by atoms with Crippen LogP contribution in [0.25, 0.3) is 0 Å². The van der Waals surface area contributed by atoms with Crippen molar-refractivity contribution in [3.63, 3.8) is 0 Å². The van der Waals surface area contributed by atoms with E-state index < -0.39 is 0 Å². The fourth-order valence-corrected chi connectivity index (χ4v) is 3.84. The number of amides is 1. The smallest absolute Gasteiger partial charge is 0.227 e. The lowest BCUT2D eigenvalue weighted by atomic mass is 9.96. The summed E-state index contributed by atoms with van der Waals surface area (Å²) < 4.78 is 5.58. The summed E-state index contributed by atoms with van der Waals surface area (Å²) in [5.41, 5.74) is 3.53. The van der Waals surface area contributed by atoms with Crippen LogP contribution in [0.5, 0.6) is 5.75 Å². The molecule has 4 heteroatoms. The van der Waals surface area contributed by atoms with E-state index in [-0.39, 0.29) is 5.91 Å². The molecule has 24 heavy (non-hydrogen) atoms. The van der Waals surface area contributed by atoms with Crippen LogP contribution in [-0.2, 0) is 17.6 Å². The van der Waals surface area contributed by atoms with Gasteiger partial charge >= 0.3 is 0 Å². The Labute approximate surface area is 147 Å². The summed E-state index contributed by atoms with van der Waals surface area (Å²) in [6, 6.07) is 14.1. The third kappa shape index (κ3) is 3.01. The van der Waals surface area contributed by atoms with Crippen LogP contribution in [0.4, 0.5) is 0 Å². The molecule has 0 N–H and O–H groups in total. The lowest BCUT2D eigenvalue weighted by molar-refractivity contribution is -0.129. The average molecular weight is 342 g/mol. The number of rotatable bonds is 3. The van der Waals surface area contributed by atoms with Crippen molar-refractivity contribution in [1.29, 1.82) is 0 Å². The van der Waals surface area contributed by atoms with E-state index in [9.17, 15) is 4.79 Å². The normalized spacial score (nSPS) is 19.2. The maximum atomic E-state index is 12.6. The van der Waals surface area contributed by atoms with E-state index in [1.54, 1.807) is 0 Å². The van der Waals surface area contributed by atoms with Crippen molar-refractivity contribution in [2.24, 2.45) is 0 Å². The molecule has 1 saturated heterocycles. The Hall–Kier alpha value is -2.00. The molecule has 4 rings (SSSR count). The summed E-state index contributed by atoms with van der Waals surface area (Å²) in [5, 5.41) is 0.667. The van der Waals surface area contributed by atoms with Gasteiger partial charge in [-0.05, 0) is 35.2 Å². The summed E-state index contributed by atoms with van der Waals surface area (Å²) in [7, 11) is 0. The Balaban J connectivity index is 1.43. The van der Waals surface area contributed by atoms with E-state index in [0.29, 0.717) is 17.4 Å². The molecular formula is C20H20ClNO2. The molecule has 2 aromatic carbocycles. The second kappa shape index (κ2) is 6.48. The van der Waals surface area contributed by atoms with Gasteiger partial charge in [0, 0.05) is 30.5 Å². The number of carbonyl (C=O) groups is 1. The predicted octanol–water partition coefficient (Wildman–Crippen LogP) is 3.83. The number of ether oxygens (including phenoxy) is 1. The molecular weight excluding hydrogens is 322 g/mol. The maximum absolute atomic E-state index is 12.6. The van der Waals surface area contributed by atoms with Gasteiger partial charge in [-0.2, -0.15) is 0 Å². The minimum absolute atomic E-state index is 0.162. The van der Waals surface area contributed by atoms with Crippen LogP contribution in [0.15, 0.2) is 42.5 Å². The van der Waals surface area contributed by atoms with Crippen molar-refractivity contribution in [1.82, 2.24) is 4.90 Å². The lowest BCUT2D eigenvalue weighted by Crippen LogP contribution is -2.30. The Morgan fingerprint density at radius 3 is 3.00 bits per heavy atom. The first-order chi connectivity index (χ1) is 11.7. The lowest BCUT2D eigenvalue weighted by Gasteiger charge is -2.17. The van der Waals surface area contributed by atoms with Gasteiger partial charge in [0.25, 0.3) is 0 Å². The monoisotopic (exact) mass is 341 g/mol. The summed E-state index contributed by atoms with van der Waals surface area (Å²) in [6.07, 6.45) is 2.39. The zero-order valence-corrected chi connectivity index (χ0v) is 14.3. The second-order valence-electron chi connectivity index (χ2n) is 6.56. The molecule has 0 aliphatic carbocycles. The van der Waals surface area contributed by atoms with Crippen molar-refractivity contribution in [2.75, 3.05) is 19.7 Å². The van der Waals surface area contributed by atoms with Crippen LogP contribution >= 0.6 is 11.6 Å². The van der Waals surface area contributed by atoms with E-state index in [0.717, 1.165) is 43.9 Å². The van der Waals surface area contributed by atoms with Crippen LogP contribution in [0.2, 0.25) is 5.02 Å². The number of carbonyl (C=O) groups excluding carboxylic acids is 1. The number of hydrogen-bond acceptors (Lipinski definition) is 2. The quantitative estimate of drug-likeness (QED) is 0.849. The molecule has 2 heterocycles. The van der Waals surface area contributed by atoms with Crippen LogP contribution in [0.1, 0.15) is 29.0 Å². The summed E-state index contributed by atoms with van der Waals surface area (Å²) in [5.74, 6) is 1.60. The first-order valence-corrected chi connectivity index (χ1v) is 8.85. The molecule has 2 aromatic rings. The van der Waals surface area contributed by atoms with Gasteiger partial charge in [0.1, 0.15) is 5.75 Å². The molecule has 3 nitrogen and oxygen atoms in total. The van der Waals surface area contributed by atoms with Gasteiger partial charge in [-0.15, -0.1) is 0 Å². The van der Waals surface area contributed by atoms with Crippen LogP contribution in [0.3, 0.4) is 0 Å². The molecule has 2 aliphatic heterocycles. The summed E-state index contributed by atoms with van der Waals surface area (Å²) >= 11 is 6.17. The Kier molecular flexibility index (Phi) is 4.19. The molecule has 124 valence electrons. The van der Waals surface area contributed by atoms with Gasteiger partial charge in [0.05, 0.1) is 13.0 Å². The summed E-state index contributed by atoms with van der Waals surface area (Å²) in [4.78, 5) is 14.5. The van der Waals surface area contributed by atoms with Crippen molar-refractivity contribution < 1.29 is 9.53 Å². The highest BCUT2D eigenvalue weighted by Crippen LogP contribution is 2.33. The number of fused-ring (bicyclic) bond motifs is 1. The Morgan fingerprint density at radius 1 is 1.25 bits per heavy atom. The van der Waals surface area contributed by atoms with Crippen LogP contribution in [0, 0.1) is 0 Å². The van der Waals surface area contributed by atoms with Crippen molar-refractivity contribution >= 4 is 17.5 Å². The molecule has 1 fully saturated rings. The molecule has 0 aromatic heterocycles. The number of nitrogens with zero attached hydrogens (tertiary/aromatic N) is 1. The SMILES string of the molecule is O=C(Cc1ccccc1Cl)N1CC[C@H](c2ccc3c(c2)CCO3)C1. The van der Waals surface area contributed by atoms with Gasteiger partial charge in [0.2, 0.25) is 5.91 Å². The minimum atomic E-state index is 0.162. The molecule has 0 unspecified atom stereocenters. The van der Waals surface area contributed by atoms with E-state index in [4.69, 9.17) is 16.3 Å². The Bertz CT molecular complexity index is 774. The highest BCUT2D eigenvalue weighted by atomic mass is 35.5. The van der Waals surface area contributed by atoms with Crippen LogP contribution < -0.4 is 4.74 Å². The van der Waals surface area contributed by atoms with Gasteiger partial charge in [0.15, 0.2) is 0 Å². The van der Waals surface area contributed by atoms with E-state index in [1.807, 2.05) is 29.2 Å². The molecule has 1 amide bonds. The standard InChI is InChI=1S/C20H20ClNO2/c21-18-4-2-1-3-15(18)12-20(23)22-9-7-17(13-22)14-5-6-19-16(11-14)8-10-24-19/h1-6,11,17H,7-10,12-13H2/t17-/m0/s1. The van der Waals surface area contributed by atoms with E-state index >= 15 is 0 Å². The van der Waals surface area contributed by atoms with E-state index in [1.165, 1.54) is 11.1 Å². The fraction of sp³-hybridized carbons (Fsp3) is 0.350. The average Bonchev–Trinajstić information content (AvgIpc) is 3.25. The molecule has 0 radical (unpaired) electrons. The number of benzene rings is 2. The fourth-order valence-electron chi connectivity index (χ4n) is 3.64. The van der Waals surface area contributed by atoms with Crippen molar-refractivity contribution in [3.05, 3.63) is 64.2 Å². The van der Waals surface area contributed by atoms with Gasteiger partial charge in [-0.1, -0.05) is 41.9 Å². The van der Waals surface area contributed by atoms with Gasteiger partial charge < -0.3 is 9.64 Å². The minimum Gasteiger partial charge on any atom is -0.493 e. The van der Waals surface area contributed by atoms with E-state index in [2.05, 4.69) is 18.2 Å². The topological polar surface area (TPSA) is 29.5 Å². The summed E-state index contributed by atoms with van der Waals surface area (Å²) in [6.45, 7) is 2.40. The zero-order chi connectivity index (χ0) is 16.5. The largest absolute Gasteiger partial charge is 0.493 e. The molecule has 0 bridgehead atoms. The van der Waals surface area contributed by atoms with Gasteiger partial charge in [-0.3, -0.25) is 4.79 Å². The number of hydrogen-bond donors (Lipinski definition) is 0. The molecule has 0 spiro atoms. The second-order valence-corrected chi connectivity index (χ2v) is 6.97.